The van der Waals surface area contributed by atoms with Gasteiger partial charge >= 0.3 is 0 Å². The van der Waals surface area contributed by atoms with Crippen LogP contribution in [0.3, 0.4) is 0 Å². The third-order valence-corrected chi connectivity index (χ3v) is 4.67. The van der Waals surface area contributed by atoms with Gasteiger partial charge in [-0.15, -0.1) is 0 Å². The van der Waals surface area contributed by atoms with Gasteiger partial charge in [-0.3, -0.25) is 0 Å². The fourth-order valence-electron chi connectivity index (χ4n) is 1.84. The molecule has 1 aromatic carbocycles. The van der Waals surface area contributed by atoms with E-state index in [0.29, 0.717) is 0 Å². The van der Waals surface area contributed by atoms with Crippen molar-refractivity contribution in [3.05, 3.63) is 28.8 Å². The molecule has 1 aliphatic rings. The maximum atomic E-state index is 2.32. The maximum absolute atomic E-state index is 2.32. The summed E-state index contributed by atoms with van der Waals surface area (Å²) < 4.78 is 0. The Balaban J connectivity index is 2.31. The minimum Gasteiger partial charge on any atom is -0.0866 e. The van der Waals surface area contributed by atoms with Crippen LogP contribution in [0, 0.1) is 20.8 Å². The highest BCUT2D eigenvalue weighted by atomic mass is 31.1. The first-order chi connectivity index (χ1) is 6.16. The molecule has 1 fully saturated rings. The maximum Gasteiger partial charge on any atom is -0.0196 e. The summed E-state index contributed by atoms with van der Waals surface area (Å²) in [6.45, 7) is 6.69. The van der Waals surface area contributed by atoms with E-state index in [1.165, 1.54) is 29.5 Å². The predicted molar refractivity (Wildman–Crippen MR) is 61.6 cm³/mol. The lowest BCUT2D eigenvalue weighted by atomic mass is 10.1. The minimum atomic E-state index is 1.03. The van der Waals surface area contributed by atoms with E-state index < -0.39 is 0 Å². The summed E-state index contributed by atoms with van der Waals surface area (Å²) in [5, 5.41) is 1.63. The molecule has 13 heavy (non-hydrogen) atoms. The third kappa shape index (κ3) is 2.11. The average molecular weight is 192 g/mol. The lowest BCUT2D eigenvalue weighted by Crippen LogP contribution is -2.06. The highest BCUT2D eigenvalue weighted by Gasteiger charge is 2.22. The Labute approximate surface area is 82.5 Å². The van der Waals surface area contributed by atoms with Crippen molar-refractivity contribution in [1.29, 1.82) is 0 Å². The summed E-state index contributed by atoms with van der Waals surface area (Å²) in [6, 6.07) is 4.63. The number of benzene rings is 1. The molecule has 1 heteroatoms. The van der Waals surface area contributed by atoms with Gasteiger partial charge in [0.15, 0.2) is 0 Å². The number of hydrogen-bond acceptors (Lipinski definition) is 0. The molecule has 0 aliphatic heterocycles. The van der Waals surface area contributed by atoms with Crippen molar-refractivity contribution >= 4 is 13.9 Å². The number of hydrogen-bond donors (Lipinski definition) is 0. The summed E-state index contributed by atoms with van der Waals surface area (Å²) in [5.41, 5.74) is 5.44. The van der Waals surface area contributed by atoms with Crippen LogP contribution in [0.4, 0.5) is 0 Å². The largest absolute Gasteiger partial charge is 0.0866 e. The fourth-order valence-corrected chi connectivity index (χ4v) is 3.30. The highest BCUT2D eigenvalue weighted by Crippen LogP contribution is 2.39. The van der Waals surface area contributed by atoms with Gasteiger partial charge in [-0.25, -0.2) is 0 Å². The molecule has 0 heterocycles. The molecule has 0 radical (unpaired) electrons. The topological polar surface area (TPSA) is 0 Å². The summed E-state index contributed by atoms with van der Waals surface area (Å²) in [4.78, 5) is 0. The zero-order valence-electron chi connectivity index (χ0n) is 8.65. The van der Waals surface area contributed by atoms with E-state index in [1.807, 2.05) is 0 Å². The molecule has 1 aromatic rings. The van der Waals surface area contributed by atoms with Crippen LogP contribution in [-0.4, -0.2) is 5.66 Å². The Morgan fingerprint density at radius 3 is 2.08 bits per heavy atom. The molecule has 0 saturated heterocycles. The molecule has 70 valence electrons. The third-order valence-electron chi connectivity index (χ3n) is 2.60. The molecular formula is C12H17P. The quantitative estimate of drug-likeness (QED) is 0.632. The van der Waals surface area contributed by atoms with E-state index in [0.717, 1.165) is 14.2 Å². The van der Waals surface area contributed by atoms with Gasteiger partial charge in [-0.2, -0.15) is 0 Å². The van der Waals surface area contributed by atoms with Crippen LogP contribution < -0.4 is 5.30 Å². The van der Waals surface area contributed by atoms with Crippen LogP contribution in [0.15, 0.2) is 12.1 Å². The predicted octanol–water partition coefficient (Wildman–Crippen LogP) is 3.08. The first-order valence-electron chi connectivity index (χ1n) is 5.01. The van der Waals surface area contributed by atoms with E-state index >= 15 is 0 Å². The Morgan fingerprint density at radius 1 is 1.08 bits per heavy atom. The van der Waals surface area contributed by atoms with Crippen LogP contribution in [0.25, 0.3) is 0 Å². The van der Waals surface area contributed by atoms with Crippen LogP contribution in [0.1, 0.15) is 29.5 Å². The Bertz CT molecular complexity index is 301. The summed E-state index contributed by atoms with van der Waals surface area (Å²) in [5.74, 6) is 0. The SMILES string of the molecule is Cc1cc(C)c(PC2CC2)c(C)c1. The molecule has 2 rings (SSSR count). The van der Waals surface area contributed by atoms with Crippen molar-refractivity contribution in [2.45, 2.75) is 39.3 Å². The van der Waals surface area contributed by atoms with E-state index in [4.69, 9.17) is 0 Å². The van der Waals surface area contributed by atoms with Gasteiger partial charge in [0.2, 0.25) is 0 Å². The lowest BCUT2D eigenvalue weighted by molar-refractivity contribution is 1.35. The zero-order valence-corrected chi connectivity index (χ0v) is 9.65. The van der Waals surface area contributed by atoms with Crippen molar-refractivity contribution in [2.24, 2.45) is 0 Å². The smallest absolute Gasteiger partial charge is 0.0196 e. The van der Waals surface area contributed by atoms with Gasteiger partial charge in [0.25, 0.3) is 0 Å². The second-order valence-electron chi connectivity index (χ2n) is 4.19. The molecule has 1 atom stereocenters. The van der Waals surface area contributed by atoms with Crippen molar-refractivity contribution < 1.29 is 0 Å². The standard InChI is InChI=1S/C12H17P/c1-8-6-9(2)12(10(3)7-8)13-11-4-5-11/h6-7,11,13H,4-5H2,1-3H3. The van der Waals surface area contributed by atoms with Crippen molar-refractivity contribution in [3.63, 3.8) is 0 Å². The van der Waals surface area contributed by atoms with Gasteiger partial charge < -0.3 is 0 Å². The molecule has 0 spiro atoms. The van der Waals surface area contributed by atoms with Gasteiger partial charge in [0.05, 0.1) is 0 Å². The number of aryl methyl sites for hydroxylation is 3. The molecule has 0 aromatic heterocycles. The van der Waals surface area contributed by atoms with Gasteiger partial charge in [-0.1, -0.05) is 26.3 Å². The molecule has 0 bridgehead atoms. The van der Waals surface area contributed by atoms with Crippen molar-refractivity contribution in [2.75, 3.05) is 0 Å². The highest BCUT2D eigenvalue weighted by molar-refractivity contribution is 7.48. The molecule has 1 aliphatic carbocycles. The first kappa shape index (κ1) is 9.21. The zero-order chi connectivity index (χ0) is 9.42. The van der Waals surface area contributed by atoms with E-state index in [-0.39, 0.29) is 0 Å². The molecule has 0 N–H and O–H groups in total. The van der Waals surface area contributed by atoms with Crippen LogP contribution in [-0.2, 0) is 0 Å². The summed E-state index contributed by atoms with van der Waals surface area (Å²) in [6.07, 6.45) is 2.93. The molecule has 1 saturated carbocycles. The summed E-state index contributed by atoms with van der Waals surface area (Å²) in [7, 11) is 1.07. The van der Waals surface area contributed by atoms with Crippen molar-refractivity contribution in [3.8, 4) is 0 Å². The second-order valence-corrected chi connectivity index (χ2v) is 5.80. The van der Waals surface area contributed by atoms with Crippen LogP contribution >= 0.6 is 8.58 Å². The Hall–Kier alpha value is -0.350. The lowest BCUT2D eigenvalue weighted by Gasteiger charge is -2.10. The first-order valence-corrected chi connectivity index (χ1v) is 6.09. The minimum absolute atomic E-state index is 1.03. The van der Waals surface area contributed by atoms with Crippen LogP contribution in [0.5, 0.6) is 0 Å². The van der Waals surface area contributed by atoms with Gasteiger partial charge in [0.1, 0.15) is 0 Å². The normalized spacial score (nSPS) is 17.2. The Kier molecular flexibility index (Phi) is 2.43. The fraction of sp³-hybridized carbons (Fsp3) is 0.500. The Morgan fingerprint density at radius 2 is 1.62 bits per heavy atom. The average Bonchev–Trinajstić information content (AvgIpc) is 2.79. The van der Waals surface area contributed by atoms with E-state index in [2.05, 4.69) is 32.9 Å². The van der Waals surface area contributed by atoms with Crippen LogP contribution in [0.2, 0.25) is 0 Å². The summed E-state index contributed by atoms with van der Waals surface area (Å²) >= 11 is 0. The van der Waals surface area contributed by atoms with E-state index in [9.17, 15) is 0 Å². The van der Waals surface area contributed by atoms with Gasteiger partial charge in [0, 0.05) is 0 Å². The molecule has 1 unspecified atom stereocenters. The molecule has 0 amide bonds. The molecule has 0 nitrogen and oxygen atoms in total. The van der Waals surface area contributed by atoms with Crippen molar-refractivity contribution in [1.82, 2.24) is 0 Å². The number of rotatable bonds is 2. The monoisotopic (exact) mass is 192 g/mol. The van der Waals surface area contributed by atoms with E-state index in [1.54, 1.807) is 5.30 Å². The van der Waals surface area contributed by atoms with Gasteiger partial charge in [-0.05, 0) is 55.7 Å². The molecular weight excluding hydrogens is 175 g/mol. The second kappa shape index (κ2) is 3.42.